The van der Waals surface area contributed by atoms with Crippen LogP contribution < -0.4 is 5.14 Å². The maximum Gasteiger partial charge on any atom is 0.203 e. The van der Waals surface area contributed by atoms with E-state index in [9.17, 15) is 0 Å². The fourth-order valence-corrected chi connectivity index (χ4v) is 0.136. The molecule has 0 saturated heterocycles. The maximum atomic E-state index is 8.81. The zero-order chi connectivity index (χ0) is 7.11. The van der Waals surface area contributed by atoms with Gasteiger partial charge in [-0.15, -0.1) is 10.2 Å². The van der Waals surface area contributed by atoms with Gasteiger partial charge in [0.1, 0.15) is 0 Å². The molecular formula is C2H5N3O3S. The minimum Gasteiger partial charge on any atom is -0.431 e. The van der Waals surface area contributed by atoms with E-state index < -0.39 is 10.9 Å². The highest BCUT2D eigenvalue weighted by Crippen LogP contribution is 1.64. The second-order valence-corrected chi connectivity index (χ2v) is 1.43. The SMILES string of the molecule is N[SH](=O)=O.c1nnco1. The van der Waals surface area contributed by atoms with Gasteiger partial charge in [0.15, 0.2) is 10.9 Å². The number of aromatic nitrogens is 2. The molecule has 0 bridgehead atoms. The van der Waals surface area contributed by atoms with E-state index >= 15 is 0 Å². The van der Waals surface area contributed by atoms with Crippen molar-refractivity contribution < 1.29 is 12.8 Å². The molecule has 0 spiro atoms. The highest BCUT2D eigenvalue weighted by atomic mass is 32.2. The van der Waals surface area contributed by atoms with E-state index in [-0.39, 0.29) is 0 Å². The lowest BCUT2D eigenvalue weighted by Gasteiger charge is -1.44. The van der Waals surface area contributed by atoms with Crippen molar-refractivity contribution in [3.8, 4) is 0 Å². The number of hydrogen-bond acceptors (Lipinski definition) is 5. The van der Waals surface area contributed by atoms with Gasteiger partial charge in [-0.05, 0) is 0 Å². The molecule has 7 heteroatoms. The standard InChI is InChI=1S/C2H2N2O.H3NO2S/c1-3-4-2-5-1;1-4(2)3/h1-2H;4H,(H2,1,2,3). The van der Waals surface area contributed by atoms with Gasteiger partial charge in [0, 0.05) is 0 Å². The highest BCUT2D eigenvalue weighted by molar-refractivity contribution is 7.69. The van der Waals surface area contributed by atoms with Gasteiger partial charge in [-0.25, -0.2) is 13.6 Å². The first-order valence-corrected chi connectivity index (χ1v) is 3.06. The van der Waals surface area contributed by atoms with Crippen molar-refractivity contribution in [2.45, 2.75) is 0 Å². The number of nitrogens with two attached hydrogens (primary N) is 1. The molecule has 0 fully saturated rings. The third-order valence-corrected chi connectivity index (χ3v) is 0.283. The molecule has 52 valence electrons. The van der Waals surface area contributed by atoms with E-state index in [1.807, 2.05) is 0 Å². The van der Waals surface area contributed by atoms with Crippen LogP contribution in [0.15, 0.2) is 17.2 Å². The van der Waals surface area contributed by atoms with Crippen LogP contribution in [0.3, 0.4) is 0 Å². The summed E-state index contributed by atoms with van der Waals surface area (Å²) < 4.78 is 22.0. The predicted molar refractivity (Wildman–Crippen MR) is 28.8 cm³/mol. The number of thiol groups is 1. The van der Waals surface area contributed by atoms with Gasteiger partial charge in [0.05, 0.1) is 0 Å². The van der Waals surface area contributed by atoms with Crippen LogP contribution in [0.5, 0.6) is 0 Å². The summed E-state index contributed by atoms with van der Waals surface area (Å²) in [6, 6.07) is 0. The maximum absolute atomic E-state index is 8.81. The van der Waals surface area contributed by atoms with Crippen LogP contribution in [-0.2, 0) is 10.9 Å². The van der Waals surface area contributed by atoms with E-state index in [1.165, 1.54) is 12.8 Å². The van der Waals surface area contributed by atoms with Crippen LogP contribution in [0.2, 0.25) is 0 Å². The second kappa shape index (κ2) is 5.19. The van der Waals surface area contributed by atoms with Crippen molar-refractivity contribution in [1.29, 1.82) is 0 Å². The molecule has 1 rings (SSSR count). The first-order chi connectivity index (χ1) is 4.23. The van der Waals surface area contributed by atoms with Crippen LogP contribution in [0.25, 0.3) is 0 Å². The minimum absolute atomic E-state index is 1.26. The molecule has 0 unspecified atom stereocenters. The molecule has 0 aliphatic rings. The van der Waals surface area contributed by atoms with E-state index in [1.54, 1.807) is 0 Å². The molecule has 0 aromatic carbocycles. The normalized spacial score (nSPS) is 8.22. The predicted octanol–water partition coefficient (Wildman–Crippen LogP) is -1.46. The largest absolute Gasteiger partial charge is 0.431 e. The molecule has 2 N–H and O–H groups in total. The molecule has 0 saturated carbocycles. The molecule has 6 nitrogen and oxygen atoms in total. The Morgan fingerprint density at radius 2 is 1.67 bits per heavy atom. The van der Waals surface area contributed by atoms with Crippen molar-refractivity contribution >= 4 is 10.9 Å². The molecule has 0 amide bonds. The number of nitrogens with zero attached hydrogens (tertiary/aromatic N) is 2. The monoisotopic (exact) mass is 151 g/mol. The van der Waals surface area contributed by atoms with E-state index in [0.29, 0.717) is 0 Å². The third-order valence-electron chi connectivity index (χ3n) is 0.283. The van der Waals surface area contributed by atoms with Gasteiger partial charge >= 0.3 is 0 Å². The summed E-state index contributed by atoms with van der Waals surface area (Å²) >= 11 is 0. The molecule has 0 atom stereocenters. The summed E-state index contributed by atoms with van der Waals surface area (Å²) in [5.41, 5.74) is 0. The van der Waals surface area contributed by atoms with Gasteiger partial charge in [-0.1, -0.05) is 0 Å². The average Bonchev–Trinajstić information content (AvgIpc) is 2.11. The minimum atomic E-state index is -2.62. The van der Waals surface area contributed by atoms with Gasteiger partial charge < -0.3 is 4.42 Å². The van der Waals surface area contributed by atoms with Gasteiger partial charge in [0.2, 0.25) is 12.8 Å². The van der Waals surface area contributed by atoms with Crippen LogP contribution in [0, 0.1) is 0 Å². The zero-order valence-corrected chi connectivity index (χ0v) is 5.19. The Balaban J connectivity index is 0.000000148. The second-order valence-electron chi connectivity index (χ2n) is 0.863. The lowest BCUT2D eigenvalue weighted by Crippen LogP contribution is -1.85. The molecule has 1 aromatic heterocycles. The van der Waals surface area contributed by atoms with Crippen LogP contribution in [0.1, 0.15) is 0 Å². The third kappa shape index (κ3) is 11.0. The zero-order valence-electron chi connectivity index (χ0n) is 4.30. The Morgan fingerprint density at radius 1 is 1.33 bits per heavy atom. The Hall–Kier alpha value is -0.950. The van der Waals surface area contributed by atoms with E-state index in [2.05, 4.69) is 19.8 Å². The van der Waals surface area contributed by atoms with Gasteiger partial charge in [-0.3, -0.25) is 0 Å². The van der Waals surface area contributed by atoms with Crippen molar-refractivity contribution in [3.05, 3.63) is 12.8 Å². The summed E-state index contributed by atoms with van der Waals surface area (Å²) in [5.74, 6) is 0. The lowest BCUT2D eigenvalue weighted by molar-refractivity contribution is 0.553. The summed E-state index contributed by atoms with van der Waals surface area (Å²) in [6.07, 6.45) is 2.53. The van der Waals surface area contributed by atoms with Crippen molar-refractivity contribution in [2.75, 3.05) is 0 Å². The highest BCUT2D eigenvalue weighted by Gasteiger charge is 1.60. The van der Waals surface area contributed by atoms with E-state index in [4.69, 9.17) is 8.42 Å². The molecule has 0 aliphatic heterocycles. The van der Waals surface area contributed by atoms with Gasteiger partial charge in [-0.2, -0.15) is 0 Å². The Kier molecular flexibility index (Phi) is 4.64. The number of rotatable bonds is 0. The van der Waals surface area contributed by atoms with Crippen LogP contribution in [-0.4, -0.2) is 18.6 Å². The Bertz CT molecular complexity index is 168. The summed E-state index contributed by atoms with van der Waals surface area (Å²) in [7, 11) is -2.62. The molecule has 0 radical (unpaired) electrons. The first-order valence-electron chi connectivity index (χ1n) is 1.81. The molecule has 9 heavy (non-hydrogen) atoms. The quantitative estimate of drug-likeness (QED) is 0.441. The Labute approximate surface area is 52.8 Å². The molecular weight excluding hydrogens is 146 g/mol. The van der Waals surface area contributed by atoms with Crippen LogP contribution >= 0.6 is 0 Å². The summed E-state index contributed by atoms with van der Waals surface area (Å²) in [5, 5.41) is 10.7. The summed E-state index contributed by atoms with van der Waals surface area (Å²) in [4.78, 5) is 0. The smallest absolute Gasteiger partial charge is 0.203 e. The number of hydrogen-bond donors (Lipinski definition) is 2. The summed E-state index contributed by atoms with van der Waals surface area (Å²) in [6.45, 7) is 0. The fraction of sp³-hybridized carbons (Fsp3) is 0. The molecule has 1 aromatic rings. The van der Waals surface area contributed by atoms with Crippen molar-refractivity contribution in [1.82, 2.24) is 10.2 Å². The molecule has 1 heterocycles. The molecule has 0 aliphatic carbocycles. The van der Waals surface area contributed by atoms with E-state index in [0.717, 1.165) is 0 Å². The first kappa shape index (κ1) is 8.05. The Morgan fingerprint density at radius 3 is 1.78 bits per heavy atom. The fourth-order valence-electron chi connectivity index (χ4n) is 0.136. The average molecular weight is 151 g/mol. The van der Waals surface area contributed by atoms with Gasteiger partial charge in [0.25, 0.3) is 0 Å². The van der Waals surface area contributed by atoms with Crippen molar-refractivity contribution in [3.63, 3.8) is 0 Å². The lowest BCUT2D eigenvalue weighted by atomic mass is 11.5. The topological polar surface area (TPSA) is 99.1 Å². The van der Waals surface area contributed by atoms with Crippen molar-refractivity contribution in [2.24, 2.45) is 5.14 Å². The van der Waals surface area contributed by atoms with Crippen LogP contribution in [0.4, 0.5) is 0 Å².